The second-order valence-corrected chi connectivity index (χ2v) is 9.36. The maximum Gasteiger partial charge on any atom is 0.255 e. The average Bonchev–Trinajstić information content (AvgIpc) is 2.68. The zero-order valence-electron chi connectivity index (χ0n) is 16.4. The Labute approximate surface area is 167 Å². The van der Waals surface area contributed by atoms with E-state index in [1.54, 1.807) is 17.3 Å². The predicted molar refractivity (Wildman–Crippen MR) is 112 cm³/mol. The van der Waals surface area contributed by atoms with Gasteiger partial charge >= 0.3 is 0 Å². The lowest BCUT2D eigenvalue weighted by molar-refractivity contribution is 0.102. The number of carbonyl (C=O) groups is 1. The molecule has 1 saturated heterocycles. The Morgan fingerprint density at radius 3 is 2.43 bits per heavy atom. The smallest absolute Gasteiger partial charge is 0.255 e. The maximum absolute atomic E-state index is 12.6. The van der Waals surface area contributed by atoms with Crippen LogP contribution < -0.4 is 5.32 Å². The van der Waals surface area contributed by atoms with E-state index in [-0.39, 0.29) is 11.7 Å². The summed E-state index contributed by atoms with van der Waals surface area (Å²) >= 11 is 0. The summed E-state index contributed by atoms with van der Waals surface area (Å²) in [6.07, 6.45) is 0. The number of hydrogen-bond donors (Lipinski definition) is 1. The standard InChI is InChI=1S/C21H27N3O3S/c1-3-28(26,27)24-12-10-23(11-13-24)16-18-7-5-8-19(15-18)21(25)22-20-9-4-6-17(2)14-20/h4-9,14-15H,3,10-13,16H2,1-2H3,(H,22,25). The lowest BCUT2D eigenvalue weighted by atomic mass is 10.1. The number of anilines is 1. The quantitative estimate of drug-likeness (QED) is 0.808. The van der Waals surface area contributed by atoms with Gasteiger partial charge in [0.25, 0.3) is 5.91 Å². The molecule has 0 atom stereocenters. The third-order valence-corrected chi connectivity index (χ3v) is 6.84. The number of benzene rings is 2. The Hall–Kier alpha value is -2.22. The summed E-state index contributed by atoms with van der Waals surface area (Å²) in [6, 6.07) is 15.3. The van der Waals surface area contributed by atoms with Crippen molar-refractivity contribution in [3.63, 3.8) is 0 Å². The summed E-state index contributed by atoms with van der Waals surface area (Å²) in [5.74, 6) is 0.0109. The first kappa shape index (κ1) is 20.5. The minimum Gasteiger partial charge on any atom is -0.322 e. The molecule has 1 aliphatic rings. The van der Waals surface area contributed by atoms with Gasteiger partial charge in [0.15, 0.2) is 0 Å². The van der Waals surface area contributed by atoms with Gasteiger partial charge in [-0.2, -0.15) is 4.31 Å². The van der Waals surface area contributed by atoms with Crippen LogP contribution in [0.25, 0.3) is 0 Å². The highest BCUT2D eigenvalue weighted by molar-refractivity contribution is 7.89. The molecule has 1 fully saturated rings. The summed E-state index contributed by atoms with van der Waals surface area (Å²) < 4.78 is 25.5. The molecule has 6 nitrogen and oxygen atoms in total. The fourth-order valence-corrected chi connectivity index (χ4v) is 4.43. The zero-order valence-corrected chi connectivity index (χ0v) is 17.2. The second kappa shape index (κ2) is 8.86. The molecule has 7 heteroatoms. The van der Waals surface area contributed by atoms with E-state index in [0.717, 1.165) is 16.8 Å². The SMILES string of the molecule is CCS(=O)(=O)N1CCN(Cc2cccc(C(=O)Nc3cccc(C)c3)c2)CC1. The molecule has 1 heterocycles. The number of piperazine rings is 1. The van der Waals surface area contributed by atoms with Crippen molar-refractivity contribution < 1.29 is 13.2 Å². The van der Waals surface area contributed by atoms with E-state index in [1.165, 1.54) is 0 Å². The summed E-state index contributed by atoms with van der Waals surface area (Å²) in [5, 5.41) is 2.93. The van der Waals surface area contributed by atoms with Gasteiger partial charge in [0, 0.05) is 44.0 Å². The van der Waals surface area contributed by atoms with Gasteiger partial charge in [0.1, 0.15) is 0 Å². The van der Waals surface area contributed by atoms with Crippen molar-refractivity contribution in [3.05, 3.63) is 65.2 Å². The highest BCUT2D eigenvalue weighted by atomic mass is 32.2. The molecule has 28 heavy (non-hydrogen) atoms. The van der Waals surface area contributed by atoms with E-state index >= 15 is 0 Å². The highest BCUT2D eigenvalue weighted by Crippen LogP contribution is 2.15. The Kier molecular flexibility index (Phi) is 6.49. The molecule has 3 rings (SSSR count). The Balaban J connectivity index is 1.60. The Morgan fingerprint density at radius 2 is 1.75 bits per heavy atom. The lowest BCUT2D eigenvalue weighted by Crippen LogP contribution is -2.48. The summed E-state index contributed by atoms with van der Waals surface area (Å²) in [7, 11) is -3.11. The van der Waals surface area contributed by atoms with Gasteiger partial charge in [-0.15, -0.1) is 0 Å². The first-order valence-electron chi connectivity index (χ1n) is 9.54. The first-order chi connectivity index (χ1) is 13.4. The fourth-order valence-electron chi connectivity index (χ4n) is 3.34. The van der Waals surface area contributed by atoms with Crippen LogP contribution in [0.15, 0.2) is 48.5 Å². The number of nitrogens with zero attached hydrogens (tertiary/aromatic N) is 2. The monoisotopic (exact) mass is 401 g/mol. The number of rotatable bonds is 6. The number of hydrogen-bond acceptors (Lipinski definition) is 4. The summed E-state index contributed by atoms with van der Waals surface area (Å²) in [5.41, 5.74) is 3.54. The molecule has 1 aliphatic heterocycles. The largest absolute Gasteiger partial charge is 0.322 e. The molecule has 0 bridgehead atoms. The van der Waals surface area contributed by atoms with Crippen molar-refractivity contribution >= 4 is 21.6 Å². The Morgan fingerprint density at radius 1 is 1.04 bits per heavy atom. The summed E-state index contributed by atoms with van der Waals surface area (Å²) in [4.78, 5) is 14.8. The predicted octanol–water partition coefficient (Wildman–Crippen LogP) is 2.71. The molecule has 2 aromatic carbocycles. The molecule has 0 unspecified atom stereocenters. The molecule has 0 spiro atoms. The molecule has 0 saturated carbocycles. The van der Waals surface area contributed by atoms with E-state index in [9.17, 15) is 13.2 Å². The van der Waals surface area contributed by atoms with Crippen LogP contribution in [0.2, 0.25) is 0 Å². The molecule has 1 N–H and O–H groups in total. The van der Waals surface area contributed by atoms with E-state index in [1.807, 2.05) is 49.4 Å². The molecular formula is C21H27N3O3S. The molecule has 1 amide bonds. The second-order valence-electron chi connectivity index (χ2n) is 7.10. The third-order valence-electron chi connectivity index (χ3n) is 4.96. The van der Waals surface area contributed by atoms with E-state index in [0.29, 0.717) is 38.3 Å². The van der Waals surface area contributed by atoms with Crippen LogP contribution in [0.3, 0.4) is 0 Å². The molecular weight excluding hydrogens is 374 g/mol. The Bertz CT molecular complexity index is 935. The number of carbonyl (C=O) groups excluding carboxylic acids is 1. The van der Waals surface area contributed by atoms with Crippen molar-refractivity contribution in [2.45, 2.75) is 20.4 Å². The first-order valence-corrected chi connectivity index (χ1v) is 11.2. The number of aryl methyl sites for hydroxylation is 1. The maximum atomic E-state index is 12.6. The van der Waals surface area contributed by atoms with Crippen molar-refractivity contribution in [2.24, 2.45) is 0 Å². The average molecular weight is 402 g/mol. The molecule has 0 aromatic heterocycles. The molecule has 150 valence electrons. The number of nitrogens with one attached hydrogen (secondary N) is 1. The van der Waals surface area contributed by atoms with Gasteiger partial charge in [0.05, 0.1) is 5.75 Å². The van der Waals surface area contributed by atoms with Crippen LogP contribution >= 0.6 is 0 Å². The minimum absolute atomic E-state index is 0.133. The van der Waals surface area contributed by atoms with E-state index in [2.05, 4.69) is 10.2 Å². The van der Waals surface area contributed by atoms with E-state index in [4.69, 9.17) is 0 Å². The van der Waals surface area contributed by atoms with Crippen LogP contribution in [0.5, 0.6) is 0 Å². The normalized spacial score (nSPS) is 16.1. The van der Waals surface area contributed by atoms with Gasteiger partial charge in [-0.25, -0.2) is 8.42 Å². The lowest BCUT2D eigenvalue weighted by Gasteiger charge is -2.33. The van der Waals surface area contributed by atoms with Gasteiger partial charge in [-0.1, -0.05) is 24.3 Å². The third kappa shape index (κ3) is 5.19. The summed E-state index contributed by atoms with van der Waals surface area (Å²) in [6.45, 7) is 6.79. The van der Waals surface area contributed by atoms with Crippen LogP contribution in [0, 0.1) is 6.92 Å². The van der Waals surface area contributed by atoms with Crippen molar-refractivity contribution in [2.75, 3.05) is 37.2 Å². The minimum atomic E-state index is -3.11. The van der Waals surface area contributed by atoms with Crippen LogP contribution in [0.1, 0.15) is 28.4 Å². The molecule has 2 aromatic rings. The van der Waals surface area contributed by atoms with Crippen molar-refractivity contribution in [1.82, 2.24) is 9.21 Å². The molecule has 0 aliphatic carbocycles. The number of sulfonamides is 1. The highest BCUT2D eigenvalue weighted by Gasteiger charge is 2.25. The molecule has 0 radical (unpaired) electrons. The van der Waals surface area contributed by atoms with Crippen LogP contribution in [0.4, 0.5) is 5.69 Å². The van der Waals surface area contributed by atoms with Crippen LogP contribution in [-0.2, 0) is 16.6 Å². The van der Waals surface area contributed by atoms with Gasteiger partial charge < -0.3 is 5.32 Å². The topological polar surface area (TPSA) is 69.7 Å². The van der Waals surface area contributed by atoms with Crippen molar-refractivity contribution in [3.8, 4) is 0 Å². The van der Waals surface area contributed by atoms with Crippen molar-refractivity contribution in [1.29, 1.82) is 0 Å². The van der Waals surface area contributed by atoms with E-state index < -0.39 is 10.0 Å². The van der Waals surface area contributed by atoms with Gasteiger partial charge in [-0.3, -0.25) is 9.69 Å². The van der Waals surface area contributed by atoms with Crippen LogP contribution in [-0.4, -0.2) is 55.5 Å². The number of amides is 1. The zero-order chi connectivity index (χ0) is 20.1. The van der Waals surface area contributed by atoms with Gasteiger partial charge in [0.2, 0.25) is 10.0 Å². The fraction of sp³-hybridized carbons (Fsp3) is 0.381. The van der Waals surface area contributed by atoms with Gasteiger partial charge in [-0.05, 0) is 49.2 Å².